The molecule has 0 aliphatic carbocycles. The molecule has 0 unspecified atom stereocenters. The third-order valence-corrected chi connectivity index (χ3v) is 3.73. The van der Waals surface area contributed by atoms with E-state index in [-0.39, 0.29) is 17.2 Å². The number of benzene rings is 1. The molecule has 1 heterocycles. The molecule has 1 aliphatic rings. The SMILES string of the molecule is CC(C)(C)CCN1C(=O)C(C)(C)NC(=O)c2ccccc21. The zero-order valence-electron chi connectivity index (χ0n) is 13.5. The van der Waals surface area contributed by atoms with Gasteiger partial charge >= 0.3 is 0 Å². The van der Waals surface area contributed by atoms with Gasteiger partial charge in [0.25, 0.3) is 11.8 Å². The van der Waals surface area contributed by atoms with Gasteiger partial charge in [-0.25, -0.2) is 0 Å². The number of fused-ring (bicyclic) bond motifs is 1. The number of carbonyl (C=O) groups excluding carboxylic acids is 2. The summed E-state index contributed by atoms with van der Waals surface area (Å²) in [5.74, 6) is -0.257. The van der Waals surface area contributed by atoms with Crippen LogP contribution >= 0.6 is 0 Å². The van der Waals surface area contributed by atoms with Gasteiger partial charge in [0, 0.05) is 6.54 Å². The Labute approximate surface area is 126 Å². The lowest BCUT2D eigenvalue weighted by Gasteiger charge is -2.31. The monoisotopic (exact) mass is 288 g/mol. The quantitative estimate of drug-likeness (QED) is 0.909. The molecule has 0 aromatic heterocycles. The van der Waals surface area contributed by atoms with Crippen molar-refractivity contribution >= 4 is 17.5 Å². The number of rotatable bonds is 2. The lowest BCUT2D eigenvalue weighted by molar-refractivity contribution is -0.123. The minimum absolute atomic E-state index is 0.0648. The second-order valence-corrected chi connectivity index (χ2v) is 7.36. The maximum absolute atomic E-state index is 12.8. The molecule has 0 spiro atoms. The number of hydrogen-bond donors (Lipinski definition) is 1. The predicted molar refractivity (Wildman–Crippen MR) is 84.4 cm³/mol. The molecule has 2 rings (SSSR count). The van der Waals surface area contributed by atoms with Crippen molar-refractivity contribution in [3.8, 4) is 0 Å². The molecule has 0 saturated carbocycles. The Bertz CT molecular complexity index is 570. The minimum Gasteiger partial charge on any atom is -0.338 e. The summed E-state index contributed by atoms with van der Waals surface area (Å²) in [7, 11) is 0. The smallest absolute Gasteiger partial charge is 0.254 e. The fourth-order valence-corrected chi connectivity index (χ4v) is 2.42. The standard InChI is InChI=1S/C17H24N2O2/c1-16(2,3)10-11-19-13-9-7-6-8-12(13)14(20)18-17(4,5)15(19)21/h6-9H,10-11H2,1-5H3,(H,18,20). The van der Waals surface area contributed by atoms with Crippen molar-refractivity contribution in [2.24, 2.45) is 5.41 Å². The van der Waals surface area contributed by atoms with Crippen LogP contribution in [0.4, 0.5) is 5.69 Å². The van der Waals surface area contributed by atoms with Gasteiger partial charge in [0.05, 0.1) is 11.3 Å². The van der Waals surface area contributed by atoms with E-state index in [1.54, 1.807) is 24.8 Å². The van der Waals surface area contributed by atoms with Crippen molar-refractivity contribution in [3.63, 3.8) is 0 Å². The van der Waals surface area contributed by atoms with Crippen LogP contribution in [0.1, 0.15) is 51.4 Å². The summed E-state index contributed by atoms with van der Waals surface area (Å²) in [4.78, 5) is 26.9. The van der Waals surface area contributed by atoms with Crippen LogP contribution in [0.5, 0.6) is 0 Å². The summed E-state index contributed by atoms with van der Waals surface area (Å²) in [6.07, 6.45) is 0.872. The molecule has 1 N–H and O–H groups in total. The average Bonchev–Trinajstić information content (AvgIpc) is 2.43. The van der Waals surface area contributed by atoms with Gasteiger partial charge < -0.3 is 10.2 Å². The highest BCUT2D eigenvalue weighted by Gasteiger charge is 2.39. The van der Waals surface area contributed by atoms with Gasteiger partial charge in [-0.1, -0.05) is 32.9 Å². The third-order valence-electron chi connectivity index (χ3n) is 3.73. The molecular weight excluding hydrogens is 264 g/mol. The van der Waals surface area contributed by atoms with Crippen molar-refractivity contribution < 1.29 is 9.59 Å². The molecule has 0 saturated heterocycles. The van der Waals surface area contributed by atoms with Crippen molar-refractivity contribution in [3.05, 3.63) is 29.8 Å². The van der Waals surface area contributed by atoms with E-state index < -0.39 is 5.54 Å². The normalized spacial score (nSPS) is 18.0. The minimum atomic E-state index is -0.895. The zero-order chi connectivity index (χ0) is 15.8. The van der Waals surface area contributed by atoms with E-state index in [9.17, 15) is 9.59 Å². The first kappa shape index (κ1) is 15.5. The predicted octanol–water partition coefficient (Wildman–Crippen LogP) is 2.98. The zero-order valence-corrected chi connectivity index (χ0v) is 13.5. The van der Waals surface area contributed by atoms with Crippen LogP contribution < -0.4 is 10.2 Å². The lowest BCUT2D eigenvalue weighted by atomic mass is 9.91. The Morgan fingerprint density at radius 3 is 2.38 bits per heavy atom. The number of para-hydroxylation sites is 1. The summed E-state index contributed by atoms with van der Waals surface area (Å²) in [6, 6.07) is 7.30. The Balaban J connectivity index is 2.45. The van der Waals surface area contributed by atoms with E-state index >= 15 is 0 Å². The van der Waals surface area contributed by atoms with Crippen molar-refractivity contribution in [1.29, 1.82) is 0 Å². The number of anilines is 1. The largest absolute Gasteiger partial charge is 0.338 e. The number of nitrogens with one attached hydrogen (secondary N) is 1. The second kappa shape index (κ2) is 5.17. The molecule has 21 heavy (non-hydrogen) atoms. The van der Waals surface area contributed by atoms with Crippen molar-refractivity contribution in [2.75, 3.05) is 11.4 Å². The Morgan fingerprint density at radius 1 is 1.14 bits per heavy atom. The van der Waals surface area contributed by atoms with Crippen LogP contribution in [0.15, 0.2) is 24.3 Å². The summed E-state index contributed by atoms with van der Waals surface area (Å²) in [5, 5.41) is 2.82. The van der Waals surface area contributed by atoms with E-state index in [2.05, 4.69) is 26.1 Å². The van der Waals surface area contributed by atoms with E-state index in [1.165, 1.54) is 0 Å². The highest BCUT2D eigenvalue weighted by atomic mass is 16.2. The molecule has 4 nitrogen and oxygen atoms in total. The Morgan fingerprint density at radius 2 is 1.76 bits per heavy atom. The molecule has 0 atom stereocenters. The van der Waals surface area contributed by atoms with Gasteiger partial charge in [-0.05, 0) is 37.8 Å². The van der Waals surface area contributed by atoms with Crippen LogP contribution in [-0.2, 0) is 4.79 Å². The molecule has 1 aliphatic heterocycles. The molecule has 1 aromatic rings. The van der Waals surface area contributed by atoms with Crippen LogP contribution in [0.3, 0.4) is 0 Å². The molecule has 0 fully saturated rings. The van der Waals surface area contributed by atoms with Crippen LogP contribution in [0.25, 0.3) is 0 Å². The van der Waals surface area contributed by atoms with E-state index in [1.807, 2.05) is 18.2 Å². The lowest BCUT2D eigenvalue weighted by Crippen LogP contribution is -2.54. The maximum atomic E-state index is 12.8. The fourth-order valence-electron chi connectivity index (χ4n) is 2.42. The summed E-state index contributed by atoms with van der Waals surface area (Å²) in [6.45, 7) is 10.6. The average molecular weight is 288 g/mol. The summed E-state index contributed by atoms with van der Waals surface area (Å²) < 4.78 is 0. The summed E-state index contributed by atoms with van der Waals surface area (Å²) in [5.41, 5.74) is 0.497. The number of nitrogens with zero attached hydrogens (tertiary/aromatic N) is 1. The fraction of sp³-hybridized carbons (Fsp3) is 0.529. The molecule has 0 bridgehead atoms. The molecule has 114 valence electrons. The number of carbonyl (C=O) groups is 2. The summed E-state index contributed by atoms with van der Waals surface area (Å²) >= 11 is 0. The Hall–Kier alpha value is -1.84. The van der Waals surface area contributed by atoms with Gasteiger partial charge in [0.1, 0.15) is 5.54 Å². The van der Waals surface area contributed by atoms with E-state index in [4.69, 9.17) is 0 Å². The molecule has 1 aromatic carbocycles. The van der Waals surface area contributed by atoms with E-state index in [0.29, 0.717) is 17.8 Å². The molecule has 0 radical (unpaired) electrons. The van der Waals surface area contributed by atoms with Crippen LogP contribution in [0.2, 0.25) is 0 Å². The second-order valence-electron chi connectivity index (χ2n) is 7.36. The van der Waals surface area contributed by atoms with Crippen LogP contribution in [0, 0.1) is 5.41 Å². The first-order valence-electron chi connectivity index (χ1n) is 7.35. The molecule has 4 heteroatoms. The van der Waals surface area contributed by atoms with Crippen molar-refractivity contribution in [2.45, 2.75) is 46.6 Å². The molecular formula is C17H24N2O2. The first-order chi connectivity index (χ1) is 9.62. The highest BCUT2D eigenvalue weighted by molar-refractivity contribution is 6.12. The van der Waals surface area contributed by atoms with Gasteiger partial charge in [-0.2, -0.15) is 0 Å². The first-order valence-corrected chi connectivity index (χ1v) is 7.35. The van der Waals surface area contributed by atoms with E-state index in [0.717, 1.165) is 6.42 Å². The highest BCUT2D eigenvalue weighted by Crippen LogP contribution is 2.29. The molecule has 2 amide bonds. The van der Waals surface area contributed by atoms with Crippen molar-refractivity contribution in [1.82, 2.24) is 5.32 Å². The third kappa shape index (κ3) is 3.26. The number of hydrogen-bond acceptors (Lipinski definition) is 2. The van der Waals surface area contributed by atoms with Gasteiger partial charge in [-0.15, -0.1) is 0 Å². The number of amides is 2. The van der Waals surface area contributed by atoms with Gasteiger partial charge in [0.15, 0.2) is 0 Å². The van der Waals surface area contributed by atoms with Gasteiger partial charge in [-0.3, -0.25) is 9.59 Å². The van der Waals surface area contributed by atoms with Crippen LogP contribution in [-0.4, -0.2) is 23.9 Å². The maximum Gasteiger partial charge on any atom is 0.254 e. The topological polar surface area (TPSA) is 49.4 Å². The van der Waals surface area contributed by atoms with Gasteiger partial charge in [0.2, 0.25) is 0 Å². The Kier molecular flexibility index (Phi) is 3.83.